The molecule has 0 spiro atoms. The predicted molar refractivity (Wildman–Crippen MR) is 98.8 cm³/mol. The lowest BCUT2D eigenvalue weighted by atomic mass is 10.2. The second kappa shape index (κ2) is 9.79. The molecule has 0 unspecified atom stereocenters. The third-order valence-corrected chi connectivity index (χ3v) is 3.65. The molecule has 0 fully saturated rings. The lowest BCUT2D eigenvalue weighted by molar-refractivity contribution is -0.152. The molecule has 2 aromatic rings. The first-order chi connectivity index (χ1) is 12.5. The SMILES string of the molecule is COCCOC(=O)[C@H](C)Oc1ccc(C(=O)Nc2ccc(Cl)cc2)cc1. The van der Waals surface area contributed by atoms with Crippen molar-refractivity contribution in [3.8, 4) is 5.75 Å². The zero-order valence-corrected chi connectivity index (χ0v) is 15.3. The van der Waals surface area contributed by atoms with E-state index >= 15 is 0 Å². The molecule has 1 N–H and O–H groups in total. The van der Waals surface area contributed by atoms with Crippen molar-refractivity contribution in [3.05, 3.63) is 59.1 Å². The molecule has 0 aliphatic heterocycles. The quantitative estimate of drug-likeness (QED) is 0.562. The van der Waals surface area contributed by atoms with Gasteiger partial charge in [0, 0.05) is 23.4 Å². The minimum absolute atomic E-state index is 0.173. The van der Waals surface area contributed by atoms with E-state index in [0.29, 0.717) is 28.6 Å². The van der Waals surface area contributed by atoms with Crippen molar-refractivity contribution in [2.75, 3.05) is 25.6 Å². The van der Waals surface area contributed by atoms with Crippen LogP contribution in [-0.4, -0.2) is 38.3 Å². The van der Waals surface area contributed by atoms with Gasteiger partial charge in [0.2, 0.25) is 0 Å². The lowest BCUT2D eigenvalue weighted by Gasteiger charge is -2.14. The smallest absolute Gasteiger partial charge is 0.347 e. The van der Waals surface area contributed by atoms with Gasteiger partial charge < -0.3 is 19.5 Å². The monoisotopic (exact) mass is 377 g/mol. The van der Waals surface area contributed by atoms with Crippen molar-refractivity contribution in [1.29, 1.82) is 0 Å². The summed E-state index contributed by atoms with van der Waals surface area (Å²) in [7, 11) is 1.53. The Bertz CT molecular complexity index is 731. The highest BCUT2D eigenvalue weighted by atomic mass is 35.5. The summed E-state index contributed by atoms with van der Waals surface area (Å²) >= 11 is 5.82. The summed E-state index contributed by atoms with van der Waals surface area (Å²) in [4.78, 5) is 24.0. The Morgan fingerprint density at radius 2 is 1.69 bits per heavy atom. The van der Waals surface area contributed by atoms with Gasteiger partial charge in [-0.05, 0) is 55.5 Å². The Morgan fingerprint density at radius 3 is 2.31 bits per heavy atom. The van der Waals surface area contributed by atoms with Crippen molar-refractivity contribution in [2.45, 2.75) is 13.0 Å². The number of carbonyl (C=O) groups excluding carboxylic acids is 2. The largest absolute Gasteiger partial charge is 0.479 e. The summed E-state index contributed by atoms with van der Waals surface area (Å²) in [6, 6.07) is 13.3. The molecule has 0 aromatic heterocycles. The lowest BCUT2D eigenvalue weighted by Crippen LogP contribution is -2.27. The van der Waals surface area contributed by atoms with Crippen molar-refractivity contribution in [2.24, 2.45) is 0 Å². The third kappa shape index (κ3) is 6.06. The number of anilines is 1. The summed E-state index contributed by atoms with van der Waals surface area (Å²) in [5.41, 5.74) is 1.11. The van der Waals surface area contributed by atoms with Gasteiger partial charge in [-0.1, -0.05) is 11.6 Å². The molecule has 0 heterocycles. The Labute approximate surface area is 157 Å². The molecule has 0 radical (unpaired) electrons. The van der Waals surface area contributed by atoms with Gasteiger partial charge >= 0.3 is 5.97 Å². The highest BCUT2D eigenvalue weighted by Gasteiger charge is 2.16. The maximum absolute atomic E-state index is 12.2. The number of methoxy groups -OCH3 is 1. The Balaban J connectivity index is 1.89. The summed E-state index contributed by atoms with van der Waals surface area (Å²) in [5, 5.41) is 3.36. The van der Waals surface area contributed by atoms with Crippen molar-refractivity contribution >= 4 is 29.2 Å². The first-order valence-corrected chi connectivity index (χ1v) is 8.36. The second-order valence-electron chi connectivity index (χ2n) is 5.41. The standard InChI is InChI=1S/C19H20ClNO5/c1-13(19(23)25-12-11-24-2)26-17-9-3-14(4-10-17)18(22)21-16-7-5-15(20)6-8-16/h3-10,13H,11-12H2,1-2H3,(H,21,22)/t13-/m0/s1. The van der Waals surface area contributed by atoms with Gasteiger partial charge in [0.1, 0.15) is 12.4 Å². The number of amides is 1. The normalized spacial score (nSPS) is 11.5. The Morgan fingerprint density at radius 1 is 1.04 bits per heavy atom. The van der Waals surface area contributed by atoms with E-state index in [1.54, 1.807) is 55.5 Å². The van der Waals surface area contributed by atoms with Gasteiger partial charge in [0.25, 0.3) is 5.91 Å². The van der Waals surface area contributed by atoms with Crippen LogP contribution in [0, 0.1) is 0 Å². The van der Waals surface area contributed by atoms with E-state index in [-0.39, 0.29) is 12.5 Å². The molecule has 0 saturated heterocycles. The van der Waals surface area contributed by atoms with Gasteiger partial charge in [-0.15, -0.1) is 0 Å². The molecular weight excluding hydrogens is 358 g/mol. The first kappa shape index (κ1) is 19.8. The number of hydrogen-bond acceptors (Lipinski definition) is 5. The Hall–Kier alpha value is -2.57. The Kier molecular flexibility index (Phi) is 7.44. The van der Waals surface area contributed by atoms with E-state index in [2.05, 4.69) is 5.32 Å². The van der Waals surface area contributed by atoms with Gasteiger partial charge in [-0.3, -0.25) is 4.79 Å². The van der Waals surface area contributed by atoms with Crippen molar-refractivity contribution in [1.82, 2.24) is 0 Å². The van der Waals surface area contributed by atoms with Crippen molar-refractivity contribution < 1.29 is 23.8 Å². The predicted octanol–water partition coefficient (Wildman–Crippen LogP) is 3.55. The molecule has 2 rings (SSSR count). The summed E-state index contributed by atoms with van der Waals surface area (Å²) in [6.45, 7) is 2.10. The van der Waals surface area contributed by atoms with Crippen LogP contribution in [0.25, 0.3) is 0 Å². The van der Waals surface area contributed by atoms with Crippen LogP contribution < -0.4 is 10.1 Å². The molecule has 1 atom stereocenters. The maximum Gasteiger partial charge on any atom is 0.347 e. The molecule has 7 heteroatoms. The average Bonchev–Trinajstić information content (AvgIpc) is 2.64. The minimum Gasteiger partial charge on any atom is -0.479 e. The van der Waals surface area contributed by atoms with Gasteiger partial charge in [0.15, 0.2) is 6.10 Å². The van der Waals surface area contributed by atoms with E-state index in [0.717, 1.165) is 0 Å². The number of nitrogens with one attached hydrogen (secondary N) is 1. The highest BCUT2D eigenvalue weighted by molar-refractivity contribution is 6.30. The van der Waals surface area contributed by atoms with E-state index < -0.39 is 12.1 Å². The average molecular weight is 378 g/mol. The van der Waals surface area contributed by atoms with Crippen LogP contribution in [0.2, 0.25) is 5.02 Å². The molecule has 138 valence electrons. The van der Waals surface area contributed by atoms with Crippen LogP contribution >= 0.6 is 11.6 Å². The van der Waals surface area contributed by atoms with Gasteiger partial charge in [-0.25, -0.2) is 4.79 Å². The molecular formula is C19H20ClNO5. The van der Waals surface area contributed by atoms with E-state index in [9.17, 15) is 9.59 Å². The number of carbonyl (C=O) groups is 2. The highest BCUT2D eigenvalue weighted by Crippen LogP contribution is 2.17. The van der Waals surface area contributed by atoms with Gasteiger partial charge in [0.05, 0.1) is 6.61 Å². The summed E-state index contributed by atoms with van der Waals surface area (Å²) < 4.78 is 15.3. The maximum atomic E-state index is 12.2. The van der Waals surface area contributed by atoms with Crippen LogP contribution in [0.4, 0.5) is 5.69 Å². The minimum atomic E-state index is -0.763. The van der Waals surface area contributed by atoms with Crippen LogP contribution in [0.5, 0.6) is 5.75 Å². The fourth-order valence-corrected chi connectivity index (χ4v) is 2.14. The van der Waals surface area contributed by atoms with E-state index in [1.807, 2.05) is 0 Å². The van der Waals surface area contributed by atoms with Crippen LogP contribution in [0.15, 0.2) is 48.5 Å². The number of benzene rings is 2. The van der Waals surface area contributed by atoms with Crippen LogP contribution in [0.3, 0.4) is 0 Å². The third-order valence-electron chi connectivity index (χ3n) is 3.40. The first-order valence-electron chi connectivity index (χ1n) is 7.99. The van der Waals surface area contributed by atoms with E-state index in [1.165, 1.54) is 7.11 Å². The number of ether oxygens (including phenoxy) is 3. The fourth-order valence-electron chi connectivity index (χ4n) is 2.02. The topological polar surface area (TPSA) is 73.9 Å². The molecule has 0 aliphatic carbocycles. The summed E-state index contributed by atoms with van der Waals surface area (Å²) in [5.74, 6) is -0.276. The molecule has 0 aliphatic rings. The molecule has 26 heavy (non-hydrogen) atoms. The molecule has 0 saturated carbocycles. The second-order valence-corrected chi connectivity index (χ2v) is 5.84. The molecule has 6 nitrogen and oxygen atoms in total. The van der Waals surface area contributed by atoms with Crippen LogP contribution in [-0.2, 0) is 14.3 Å². The number of esters is 1. The molecule has 1 amide bonds. The fraction of sp³-hybridized carbons (Fsp3) is 0.263. The summed E-state index contributed by atoms with van der Waals surface area (Å²) in [6.07, 6.45) is -0.763. The number of halogens is 1. The zero-order valence-electron chi connectivity index (χ0n) is 14.5. The van der Waals surface area contributed by atoms with Crippen molar-refractivity contribution in [3.63, 3.8) is 0 Å². The van der Waals surface area contributed by atoms with E-state index in [4.69, 9.17) is 25.8 Å². The zero-order chi connectivity index (χ0) is 18.9. The number of rotatable bonds is 8. The molecule has 2 aromatic carbocycles. The van der Waals surface area contributed by atoms with Gasteiger partial charge in [-0.2, -0.15) is 0 Å². The molecule has 0 bridgehead atoms. The number of hydrogen-bond donors (Lipinski definition) is 1. The van der Waals surface area contributed by atoms with Crippen LogP contribution in [0.1, 0.15) is 17.3 Å².